The lowest BCUT2D eigenvalue weighted by atomic mass is 10.1. The molecule has 0 atom stereocenters. The number of anilines is 1. The van der Waals surface area contributed by atoms with Crippen LogP contribution in [0.4, 0.5) is 5.69 Å². The van der Waals surface area contributed by atoms with Crippen molar-refractivity contribution in [3.8, 4) is 5.75 Å². The third-order valence-electron chi connectivity index (χ3n) is 3.73. The Labute approximate surface area is 144 Å². The van der Waals surface area contributed by atoms with E-state index in [1.165, 1.54) is 5.01 Å². The number of hydrogen-bond donors (Lipinski definition) is 1. The molecular formula is C18H15ClN2O3. The molecule has 0 unspecified atom stereocenters. The van der Waals surface area contributed by atoms with Gasteiger partial charge in [-0.2, -0.15) is 0 Å². The molecule has 1 aliphatic heterocycles. The van der Waals surface area contributed by atoms with Gasteiger partial charge in [0.15, 0.2) is 0 Å². The van der Waals surface area contributed by atoms with E-state index in [-0.39, 0.29) is 5.57 Å². The van der Waals surface area contributed by atoms with Gasteiger partial charge in [0, 0.05) is 5.02 Å². The van der Waals surface area contributed by atoms with Crippen LogP contribution in [0.1, 0.15) is 11.1 Å². The topological polar surface area (TPSA) is 58.6 Å². The number of aryl methyl sites for hydroxylation is 1. The summed E-state index contributed by atoms with van der Waals surface area (Å²) in [6, 6.07) is 12.3. The zero-order valence-corrected chi connectivity index (χ0v) is 13.9. The van der Waals surface area contributed by atoms with Crippen molar-refractivity contribution in [1.82, 2.24) is 5.43 Å². The van der Waals surface area contributed by atoms with Gasteiger partial charge >= 0.3 is 0 Å². The quantitative estimate of drug-likeness (QED) is 0.688. The van der Waals surface area contributed by atoms with Crippen LogP contribution in [-0.4, -0.2) is 18.9 Å². The van der Waals surface area contributed by atoms with Gasteiger partial charge in [-0.05, 0) is 48.4 Å². The van der Waals surface area contributed by atoms with Crippen molar-refractivity contribution in [2.75, 3.05) is 12.1 Å². The van der Waals surface area contributed by atoms with Crippen LogP contribution in [0.5, 0.6) is 5.75 Å². The Morgan fingerprint density at radius 1 is 1.12 bits per heavy atom. The second-order valence-electron chi connectivity index (χ2n) is 5.35. The Bertz CT molecular complexity index is 844. The number of methoxy groups -OCH3 is 1. The second-order valence-corrected chi connectivity index (χ2v) is 5.75. The minimum atomic E-state index is -0.451. The van der Waals surface area contributed by atoms with E-state index in [1.807, 2.05) is 6.92 Å². The van der Waals surface area contributed by atoms with Gasteiger partial charge in [-0.3, -0.25) is 15.0 Å². The van der Waals surface area contributed by atoms with E-state index in [2.05, 4.69) is 5.43 Å². The molecule has 2 aromatic carbocycles. The fraction of sp³-hybridized carbons (Fsp3) is 0.111. The number of carbonyl (C=O) groups excluding carboxylic acids is 2. The largest absolute Gasteiger partial charge is 0.497 e. The highest BCUT2D eigenvalue weighted by atomic mass is 35.5. The van der Waals surface area contributed by atoms with Crippen LogP contribution in [-0.2, 0) is 9.59 Å². The Hall–Kier alpha value is -2.79. The Morgan fingerprint density at radius 3 is 2.46 bits per heavy atom. The Kier molecular flexibility index (Phi) is 4.27. The summed E-state index contributed by atoms with van der Waals surface area (Å²) in [7, 11) is 1.58. The third kappa shape index (κ3) is 2.98. The Morgan fingerprint density at radius 2 is 1.83 bits per heavy atom. The van der Waals surface area contributed by atoms with Crippen molar-refractivity contribution >= 4 is 35.2 Å². The van der Waals surface area contributed by atoms with Gasteiger partial charge in [-0.15, -0.1) is 0 Å². The van der Waals surface area contributed by atoms with Gasteiger partial charge in [0.2, 0.25) is 0 Å². The maximum absolute atomic E-state index is 12.5. The third-order valence-corrected chi connectivity index (χ3v) is 4.14. The number of nitrogens with zero attached hydrogens (tertiary/aromatic N) is 1. The fourth-order valence-electron chi connectivity index (χ4n) is 2.33. The molecule has 6 heteroatoms. The second kappa shape index (κ2) is 6.37. The summed E-state index contributed by atoms with van der Waals surface area (Å²) in [6.07, 6.45) is 1.55. The van der Waals surface area contributed by atoms with E-state index < -0.39 is 11.8 Å². The van der Waals surface area contributed by atoms with Crippen LogP contribution >= 0.6 is 11.6 Å². The van der Waals surface area contributed by atoms with Crippen molar-refractivity contribution in [3.63, 3.8) is 0 Å². The molecule has 1 aliphatic rings. The van der Waals surface area contributed by atoms with Crippen molar-refractivity contribution in [1.29, 1.82) is 0 Å². The minimum absolute atomic E-state index is 0.0665. The summed E-state index contributed by atoms with van der Waals surface area (Å²) in [5.41, 5.74) is 4.77. The van der Waals surface area contributed by atoms with E-state index in [0.717, 1.165) is 11.1 Å². The molecule has 2 amide bonds. The highest BCUT2D eigenvalue weighted by Gasteiger charge is 2.34. The molecule has 0 aliphatic carbocycles. The average Bonchev–Trinajstić information content (AvgIpc) is 2.86. The lowest BCUT2D eigenvalue weighted by Crippen LogP contribution is -2.35. The maximum atomic E-state index is 12.5. The highest BCUT2D eigenvalue weighted by molar-refractivity contribution is 6.33. The number of hydrazine groups is 1. The number of amides is 2. The molecule has 0 aromatic heterocycles. The van der Waals surface area contributed by atoms with Crippen molar-refractivity contribution in [2.24, 2.45) is 0 Å². The normalized spacial score (nSPS) is 15.8. The van der Waals surface area contributed by atoms with Gasteiger partial charge in [0.1, 0.15) is 11.3 Å². The van der Waals surface area contributed by atoms with Crippen molar-refractivity contribution in [3.05, 3.63) is 64.2 Å². The van der Waals surface area contributed by atoms with E-state index >= 15 is 0 Å². The first-order valence-electron chi connectivity index (χ1n) is 7.27. The zero-order valence-electron chi connectivity index (χ0n) is 13.2. The van der Waals surface area contributed by atoms with E-state index in [0.29, 0.717) is 16.5 Å². The monoisotopic (exact) mass is 342 g/mol. The number of rotatable bonds is 3. The summed E-state index contributed by atoms with van der Waals surface area (Å²) in [5.74, 6) is -0.168. The molecule has 5 nitrogen and oxygen atoms in total. The zero-order chi connectivity index (χ0) is 17.3. The minimum Gasteiger partial charge on any atom is -0.497 e. The van der Waals surface area contributed by atoms with E-state index in [9.17, 15) is 9.59 Å². The number of benzene rings is 2. The molecule has 1 saturated heterocycles. The summed E-state index contributed by atoms with van der Waals surface area (Å²) >= 11 is 6.09. The van der Waals surface area contributed by atoms with Gasteiger partial charge < -0.3 is 4.74 Å². The SMILES string of the molecule is COc1ccc(/C=C2/C(=O)NN(c3ccc(C)c(Cl)c3)C2=O)cc1. The summed E-state index contributed by atoms with van der Waals surface area (Å²) in [4.78, 5) is 24.7. The van der Waals surface area contributed by atoms with Crippen LogP contribution in [0, 0.1) is 6.92 Å². The smallest absolute Gasteiger partial charge is 0.282 e. The fourth-order valence-corrected chi connectivity index (χ4v) is 2.50. The number of carbonyl (C=O) groups is 2. The van der Waals surface area contributed by atoms with Gasteiger partial charge in [-0.1, -0.05) is 29.8 Å². The molecule has 24 heavy (non-hydrogen) atoms. The molecule has 1 heterocycles. The Balaban J connectivity index is 1.90. The predicted octanol–water partition coefficient (Wildman–Crippen LogP) is 3.12. The molecule has 1 fully saturated rings. The molecule has 0 bridgehead atoms. The molecule has 122 valence electrons. The predicted molar refractivity (Wildman–Crippen MR) is 92.8 cm³/mol. The molecule has 2 aromatic rings. The van der Waals surface area contributed by atoms with E-state index in [1.54, 1.807) is 55.7 Å². The van der Waals surface area contributed by atoms with Crippen molar-refractivity contribution < 1.29 is 14.3 Å². The van der Waals surface area contributed by atoms with Crippen LogP contribution in [0.15, 0.2) is 48.0 Å². The lowest BCUT2D eigenvalue weighted by molar-refractivity contribution is -0.117. The number of ether oxygens (including phenoxy) is 1. The number of nitrogens with one attached hydrogen (secondary N) is 1. The summed E-state index contributed by atoms with van der Waals surface area (Å²) in [5, 5.41) is 1.73. The van der Waals surface area contributed by atoms with Crippen LogP contribution in [0.2, 0.25) is 5.02 Å². The van der Waals surface area contributed by atoms with Crippen LogP contribution < -0.4 is 15.2 Å². The maximum Gasteiger partial charge on any atom is 0.282 e. The first-order valence-corrected chi connectivity index (χ1v) is 7.65. The molecule has 3 rings (SSSR count). The molecular weight excluding hydrogens is 328 g/mol. The average molecular weight is 343 g/mol. The number of hydrogen-bond acceptors (Lipinski definition) is 3. The molecule has 0 radical (unpaired) electrons. The first-order chi connectivity index (χ1) is 11.5. The molecule has 0 spiro atoms. The van der Waals surface area contributed by atoms with Gasteiger partial charge in [0.05, 0.1) is 12.8 Å². The van der Waals surface area contributed by atoms with Crippen LogP contribution in [0.3, 0.4) is 0 Å². The van der Waals surface area contributed by atoms with Crippen LogP contribution in [0.25, 0.3) is 6.08 Å². The molecule has 0 saturated carbocycles. The summed E-state index contributed by atoms with van der Waals surface area (Å²) in [6.45, 7) is 1.87. The highest BCUT2D eigenvalue weighted by Crippen LogP contribution is 2.26. The van der Waals surface area contributed by atoms with Crippen molar-refractivity contribution in [2.45, 2.75) is 6.92 Å². The number of halogens is 1. The lowest BCUT2D eigenvalue weighted by Gasteiger charge is -2.15. The van der Waals surface area contributed by atoms with Gasteiger partial charge in [-0.25, -0.2) is 5.01 Å². The van der Waals surface area contributed by atoms with E-state index in [4.69, 9.17) is 16.3 Å². The first kappa shape index (κ1) is 16.1. The standard InChI is InChI=1S/C18H15ClN2O3/c1-11-3-6-13(10-16(11)19)21-18(23)15(17(22)20-21)9-12-4-7-14(24-2)8-5-12/h3-10H,1-2H3,(H,20,22)/b15-9-. The summed E-state index contributed by atoms with van der Waals surface area (Å²) < 4.78 is 5.09. The van der Waals surface area contributed by atoms with Gasteiger partial charge in [0.25, 0.3) is 11.8 Å². The molecule has 1 N–H and O–H groups in total.